The number of aryl methyl sites for hydroxylation is 2. The van der Waals surface area contributed by atoms with Gasteiger partial charge in [-0.2, -0.15) is 0 Å². The monoisotopic (exact) mass is 426 g/mol. The summed E-state index contributed by atoms with van der Waals surface area (Å²) in [7, 11) is -3.13. The molecule has 1 rings (SSSR count). The van der Waals surface area contributed by atoms with Gasteiger partial charge in [-0.1, -0.05) is 6.07 Å². The molecule has 0 radical (unpaired) electrons. The maximum Gasteiger partial charge on any atom is 0.208 e. The zero-order chi connectivity index (χ0) is 15.2. The molecule has 120 valence electrons. The Labute approximate surface area is 143 Å². The first-order valence-corrected chi connectivity index (χ1v) is 8.25. The van der Waals surface area contributed by atoms with Crippen molar-refractivity contribution in [3.63, 3.8) is 0 Å². The molecule has 21 heavy (non-hydrogen) atoms. The molecule has 8 heteroatoms. The first kappa shape index (κ1) is 20.1. The molecule has 0 heterocycles. The Balaban J connectivity index is 0.00000400. The van der Waals surface area contributed by atoms with Crippen molar-refractivity contribution in [1.29, 1.82) is 0 Å². The molecule has 0 spiro atoms. The molecule has 4 N–H and O–H groups in total. The summed E-state index contributed by atoms with van der Waals surface area (Å²) in [5, 5.41) is 3.02. The van der Waals surface area contributed by atoms with Gasteiger partial charge in [-0.15, -0.1) is 24.0 Å². The molecule has 0 saturated heterocycles. The lowest BCUT2D eigenvalue weighted by Crippen LogP contribution is -2.25. The molecule has 0 aliphatic carbocycles. The summed E-state index contributed by atoms with van der Waals surface area (Å²) in [6.45, 7) is 4.86. The topological polar surface area (TPSA) is 96.6 Å². The molecule has 0 aliphatic rings. The van der Waals surface area contributed by atoms with Crippen molar-refractivity contribution in [1.82, 2.24) is 4.72 Å². The van der Waals surface area contributed by atoms with Gasteiger partial charge in [-0.05, 0) is 43.5 Å². The number of nitrogens with one attached hydrogen (secondary N) is 2. The van der Waals surface area contributed by atoms with Crippen LogP contribution in [0.25, 0.3) is 0 Å². The van der Waals surface area contributed by atoms with Crippen LogP contribution in [0, 0.1) is 13.8 Å². The quantitative estimate of drug-likeness (QED) is 0.279. The van der Waals surface area contributed by atoms with Crippen LogP contribution < -0.4 is 15.8 Å². The Bertz CT molecular complexity index is 568. The van der Waals surface area contributed by atoms with Gasteiger partial charge < -0.3 is 11.1 Å². The molecule has 0 aliphatic heterocycles. The second-order valence-electron chi connectivity index (χ2n) is 4.79. The summed E-state index contributed by atoms with van der Waals surface area (Å²) < 4.78 is 24.1. The number of anilines is 1. The average Bonchev–Trinajstić information content (AvgIpc) is 2.25. The SMILES string of the molecule is Cc1cc(C)cc(NC(N)=NCCCNS(C)(=O)=O)c1.I. The number of aliphatic imine (C=N–C) groups is 1. The van der Waals surface area contributed by atoms with Gasteiger partial charge in [0.15, 0.2) is 5.96 Å². The predicted octanol–water partition coefficient (Wildman–Crippen LogP) is 1.59. The Hall–Kier alpha value is -0.870. The third-order valence-electron chi connectivity index (χ3n) is 2.48. The van der Waals surface area contributed by atoms with E-state index in [0.717, 1.165) is 23.1 Å². The molecule has 0 fully saturated rings. The number of nitrogens with two attached hydrogens (primary N) is 1. The van der Waals surface area contributed by atoms with Gasteiger partial charge in [-0.25, -0.2) is 13.1 Å². The van der Waals surface area contributed by atoms with Gasteiger partial charge in [0.2, 0.25) is 10.0 Å². The van der Waals surface area contributed by atoms with Crippen LogP contribution in [0.5, 0.6) is 0 Å². The molecule has 0 atom stereocenters. The largest absolute Gasteiger partial charge is 0.370 e. The van der Waals surface area contributed by atoms with Crippen LogP contribution in [0.3, 0.4) is 0 Å². The molecule has 0 amide bonds. The van der Waals surface area contributed by atoms with E-state index < -0.39 is 10.0 Å². The molecule has 1 aromatic carbocycles. The summed E-state index contributed by atoms with van der Waals surface area (Å²) in [5.41, 5.74) is 8.98. The highest BCUT2D eigenvalue weighted by Gasteiger charge is 1.99. The highest BCUT2D eigenvalue weighted by atomic mass is 127. The van der Waals surface area contributed by atoms with E-state index in [1.54, 1.807) is 0 Å². The summed E-state index contributed by atoms with van der Waals surface area (Å²) in [4.78, 5) is 4.15. The lowest BCUT2D eigenvalue weighted by Gasteiger charge is -2.08. The Morgan fingerprint density at radius 2 is 1.81 bits per heavy atom. The van der Waals surface area contributed by atoms with Crippen LogP contribution in [0.1, 0.15) is 17.5 Å². The summed E-state index contributed by atoms with van der Waals surface area (Å²) in [5.74, 6) is 0.328. The van der Waals surface area contributed by atoms with Gasteiger partial charge in [0.25, 0.3) is 0 Å². The number of benzene rings is 1. The number of hydrogen-bond acceptors (Lipinski definition) is 3. The van der Waals surface area contributed by atoms with Crippen LogP contribution in [-0.2, 0) is 10.0 Å². The molecule has 6 nitrogen and oxygen atoms in total. The van der Waals surface area contributed by atoms with E-state index in [1.807, 2.05) is 26.0 Å². The summed E-state index contributed by atoms with van der Waals surface area (Å²) in [6.07, 6.45) is 1.73. The number of halogens is 1. The van der Waals surface area contributed by atoms with Crippen LogP contribution in [-0.4, -0.2) is 33.7 Å². The number of hydrogen-bond donors (Lipinski definition) is 3. The van der Waals surface area contributed by atoms with Crippen molar-refractivity contribution in [2.45, 2.75) is 20.3 Å². The zero-order valence-corrected chi connectivity index (χ0v) is 15.7. The Kier molecular flexibility index (Phi) is 8.83. The molecular formula is C13H23IN4O2S. The van der Waals surface area contributed by atoms with Crippen molar-refractivity contribution in [2.24, 2.45) is 10.7 Å². The lowest BCUT2D eigenvalue weighted by molar-refractivity contribution is 0.586. The zero-order valence-electron chi connectivity index (χ0n) is 12.5. The van der Waals surface area contributed by atoms with E-state index in [9.17, 15) is 8.42 Å². The fourth-order valence-electron chi connectivity index (χ4n) is 1.77. The maximum atomic E-state index is 10.8. The highest BCUT2D eigenvalue weighted by Crippen LogP contribution is 2.13. The number of guanidine groups is 1. The third-order valence-corrected chi connectivity index (χ3v) is 3.20. The van der Waals surface area contributed by atoms with Crippen molar-refractivity contribution in [2.75, 3.05) is 24.7 Å². The second kappa shape index (κ2) is 9.21. The van der Waals surface area contributed by atoms with Gasteiger partial charge in [0.1, 0.15) is 0 Å². The molecule has 1 aromatic rings. The molecular weight excluding hydrogens is 403 g/mol. The summed E-state index contributed by atoms with van der Waals surface area (Å²) in [6, 6.07) is 6.05. The smallest absolute Gasteiger partial charge is 0.208 e. The molecule has 0 bridgehead atoms. The Morgan fingerprint density at radius 1 is 1.24 bits per heavy atom. The number of nitrogens with zero attached hydrogens (tertiary/aromatic N) is 1. The van der Waals surface area contributed by atoms with Crippen LogP contribution in [0.4, 0.5) is 5.69 Å². The van der Waals surface area contributed by atoms with E-state index >= 15 is 0 Å². The van der Waals surface area contributed by atoms with Gasteiger partial charge in [0, 0.05) is 18.8 Å². The van der Waals surface area contributed by atoms with Crippen LogP contribution in [0.15, 0.2) is 23.2 Å². The normalized spacial score (nSPS) is 11.9. The van der Waals surface area contributed by atoms with E-state index in [2.05, 4.69) is 21.1 Å². The minimum absolute atomic E-state index is 0. The standard InChI is InChI=1S/C13H22N4O2S.HI/c1-10-7-11(2)9-12(8-10)17-13(14)15-5-4-6-16-20(3,18)19;/h7-9,16H,4-6H2,1-3H3,(H3,14,15,17);1H. The molecule has 0 unspecified atom stereocenters. The fourth-order valence-corrected chi connectivity index (χ4v) is 2.29. The van der Waals surface area contributed by atoms with Gasteiger partial charge >= 0.3 is 0 Å². The number of sulfonamides is 1. The maximum absolute atomic E-state index is 10.8. The minimum atomic E-state index is -3.13. The third kappa shape index (κ3) is 9.64. The van der Waals surface area contributed by atoms with Gasteiger partial charge in [0.05, 0.1) is 6.26 Å². The van der Waals surface area contributed by atoms with Crippen molar-refractivity contribution in [3.8, 4) is 0 Å². The number of rotatable bonds is 6. The Morgan fingerprint density at radius 3 is 2.33 bits per heavy atom. The van der Waals surface area contributed by atoms with Crippen LogP contribution in [0.2, 0.25) is 0 Å². The van der Waals surface area contributed by atoms with Crippen molar-refractivity contribution in [3.05, 3.63) is 29.3 Å². The van der Waals surface area contributed by atoms with Crippen molar-refractivity contribution < 1.29 is 8.42 Å². The van der Waals surface area contributed by atoms with E-state index in [4.69, 9.17) is 5.73 Å². The molecule has 0 saturated carbocycles. The van der Waals surface area contributed by atoms with E-state index in [0.29, 0.717) is 25.5 Å². The fraction of sp³-hybridized carbons (Fsp3) is 0.462. The second-order valence-corrected chi connectivity index (χ2v) is 6.62. The van der Waals surface area contributed by atoms with Crippen molar-refractivity contribution >= 4 is 45.6 Å². The highest BCUT2D eigenvalue weighted by molar-refractivity contribution is 14.0. The predicted molar refractivity (Wildman–Crippen MR) is 98.9 cm³/mol. The van der Waals surface area contributed by atoms with Gasteiger partial charge in [-0.3, -0.25) is 4.99 Å². The van der Waals surface area contributed by atoms with Crippen LogP contribution >= 0.6 is 24.0 Å². The van der Waals surface area contributed by atoms with E-state index in [1.165, 1.54) is 0 Å². The lowest BCUT2D eigenvalue weighted by atomic mass is 10.1. The molecule has 0 aromatic heterocycles. The minimum Gasteiger partial charge on any atom is -0.370 e. The first-order chi connectivity index (χ1) is 9.26. The first-order valence-electron chi connectivity index (χ1n) is 6.36. The van der Waals surface area contributed by atoms with E-state index in [-0.39, 0.29) is 24.0 Å². The average molecular weight is 426 g/mol. The summed E-state index contributed by atoms with van der Waals surface area (Å²) >= 11 is 0.